The maximum absolute atomic E-state index is 11.6. The Kier molecular flexibility index (Phi) is 5.08. The smallest absolute Gasteiger partial charge is 0.221 e. The van der Waals surface area contributed by atoms with Gasteiger partial charge in [-0.1, -0.05) is 18.2 Å². The van der Waals surface area contributed by atoms with Gasteiger partial charge < -0.3 is 11.1 Å². The quantitative estimate of drug-likeness (QED) is 0.585. The molecule has 4 heteroatoms. The van der Waals surface area contributed by atoms with E-state index in [4.69, 9.17) is 5.73 Å². The first kappa shape index (κ1) is 13.4. The lowest BCUT2D eigenvalue weighted by molar-refractivity contribution is -0.121. The first-order valence-corrected chi connectivity index (χ1v) is 7.44. The summed E-state index contributed by atoms with van der Waals surface area (Å²) in [5.41, 5.74) is 5.91. The molecule has 1 saturated carbocycles. The number of nitrogens with one attached hydrogen (secondary N) is 1. The van der Waals surface area contributed by atoms with Crippen LogP contribution in [0, 0.1) is 5.92 Å². The maximum atomic E-state index is 11.6. The highest BCUT2D eigenvalue weighted by Gasteiger charge is 2.29. The third-order valence-electron chi connectivity index (χ3n) is 3.08. The molecule has 0 aliphatic heterocycles. The van der Waals surface area contributed by atoms with Crippen molar-refractivity contribution in [2.75, 3.05) is 12.3 Å². The molecular weight excluding hydrogens is 244 g/mol. The highest BCUT2D eigenvalue weighted by atomic mass is 32.2. The summed E-state index contributed by atoms with van der Waals surface area (Å²) in [6.07, 6.45) is 2.86. The van der Waals surface area contributed by atoms with Gasteiger partial charge in [0.05, 0.1) is 0 Å². The Labute approximate surface area is 113 Å². The molecule has 1 amide bonds. The number of nitrogens with two attached hydrogens (primary N) is 1. The summed E-state index contributed by atoms with van der Waals surface area (Å²) >= 11 is 1.75. The molecule has 98 valence electrons. The Morgan fingerprint density at radius 3 is 2.78 bits per heavy atom. The summed E-state index contributed by atoms with van der Waals surface area (Å²) in [7, 11) is 0. The fourth-order valence-corrected chi connectivity index (χ4v) is 2.64. The zero-order chi connectivity index (χ0) is 12.8. The van der Waals surface area contributed by atoms with Crippen molar-refractivity contribution in [2.45, 2.75) is 30.2 Å². The van der Waals surface area contributed by atoms with Crippen molar-refractivity contribution in [1.29, 1.82) is 0 Å². The first-order chi connectivity index (χ1) is 8.75. The van der Waals surface area contributed by atoms with Crippen LogP contribution in [0.3, 0.4) is 0 Å². The van der Waals surface area contributed by atoms with E-state index in [2.05, 4.69) is 17.4 Å². The Morgan fingerprint density at radius 2 is 2.11 bits per heavy atom. The third-order valence-corrected chi connectivity index (χ3v) is 4.10. The number of carbonyl (C=O) groups excluding carboxylic acids is 1. The van der Waals surface area contributed by atoms with Crippen LogP contribution in [-0.4, -0.2) is 24.2 Å². The number of thioether (sulfide) groups is 1. The molecule has 0 aromatic heterocycles. The lowest BCUT2D eigenvalue weighted by atomic mass is 10.1. The van der Waals surface area contributed by atoms with Crippen LogP contribution in [0.15, 0.2) is 35.2 Å². The van der Waals surface area contributed by atoms with Gasteiger partial charge in [0.2, 0.25) is 5.91 Å². The van der Waals surface area contributed by atoms with Gasteiger partial charge in [-0.2, -0.15) is 0 Å². The van der Waals surface area contributed by atoms with E-state index in [-0.39, 0.29) is 11.9 Å². The van der Waals surface area contributed by atoms with Crippen LogP contribution in [0.5, 0.6) is 0 Å². The average Bonchev–Trinajstić information content (AvgIpc) is 3.20. The van der Waals surface area contributed by atoms with Crippen LogP contribution in [-0.2, 0) is 4.79 Å². The Bertz CT molecular complexity index is 379. The van der Waals surface area contributed by atoms with Gasteiger partial charge in [-0.25, -0.2) is 0 Å². The van der Waals surface area contributed by atoms with Gasteiger partial charge in [-0.15, -0.1) is 11.8 Å². The molecule has 1 atom stereocenters. The second kappa shape index (κ2) is 6.81. The van der Waals surface area contributed by atoms with Crippen molar-refractivity contribution in [3.8, 4) is 0 Å². The molecule has 1 aliphatic rings. The minimum Gasteiger partial charge on any atom is -0.355 e. The van der Waals surface area contributed by atoms with Crippen molar-refractivity contribution in [3.63, 3.8) is 0 Å². The number of benzene rings is 1. The second-order valence-corrected chi connectivity index (χ2v) is 5.89. The van der Waals surface area contributed by atoms with Crippen molar-refractivity contribution in [3.05, 3.63) is 30.3 Å². The van der Waals surface area contributed by atoms with Gasteiger partial charge in [0.15, 0.2) is 0 Å². The van der Waals surface area contributed by atoms with Gasteiger partial charge in [0, 0.05) is 29.7 Å². The Hall–Kier alpha value is -1.00. The van der Waals surface area contributed by atoms with Crippen molar-refractivity contribution < 1.29 is 4.79 Å². The van der Waals surface area contributed by atoms with Crippen LogP contribution in [0.4, 0.5) is 0 Å². The predicted molar refractivity (Wildman–Crippen MR) is 75.5 cm³/mol. The summed E-state index contributed by atoms with van der Waals surface area (Å²) in [5, 5.41) is 2.93. The summed E-state index contributed by atoms with van der Waals surface area (Å²) < 4.78 is 0. The highest BCUT2D eigenvalue weighted by molar-refractivity contribution is 7.99. The third kappa shape index (κ3) is 4.70. The number of rotatable bonds is 7. The highest BCUT2D eigenvalue weighted by Crippen LogP contribution is 2.32. The monoisotopic (exact) mass is 264 g/mol. The van der Waals surface area contributed by atoms with Crippen molar-refractivity contribution in [1.82, 2.24) is 5.32 Å². The Balaban J connectivity index is 1.56. The molecule has 0 saturated heterocycles. The first-order valence-electron chi connectivity index (χ1n) is 6.46. The molecule has 2 rings (SSSR count). The van der Waals surface area contributed by atoms with E-state index in [0.29, 0.717) is 18.9 Å². The topological polar surface area (TPSA) is 55.1 Å². The zero-order valence-corrected chi connectivity index (χ0v) is 11.3. The van der Waals surface area contributed by atoms with Crippen LogP contribution < -0.4 is 11.1 Å². The number of hydrogen-bond acceptors (Lipinski definition) is 3. The van der Waals surface area contributed by atoms with E-state index in [1.165, 1.54) is 17.7 Å². The van der Waals surface area contributed by atoms with E-state index in [1.54, 1.807) is 11.8 Å². The second-order valence-electron chi connectivity index (χ2n) is 4.72. The standard InChI is InChI=1S/C14H20N2OS/c15-13(11-6-7-11)10-14(17)16-8-9-18-12-4-2-1-3-5-12/h1-5,11,13H,6-10,15H2,(H,16,17). The molecule has 18 heavy (non-hydrogen) atoms. The molecule has 0 spiro atoms. The van der Waals surface area contributed by atoms with Gasteiger partial charge in [-0.3, -0.25) is 4.79 Å². The molecule has 1 aromatic carbocycles. The van der Waals surface area contributed by atoms with Crippen LogP contribution in [0.1, 0.15) is 19.3 Å². The summed E-state index contributed by atoms with van der Waals surface area (Å²) in [4.78, 5) is 12.8. The van der Waals surface area contributed by atoms with Crippen molar-refractivity contribution >= 4 is 17.7 Å². The molecule has 0 bridgehead atoms. The largest absolute Gasteiger partial charge is 0.355 e. The SMILES string of the molecule is NC(CC(=O)NCCSc1ccccc1)C1CC1. The van der Waals surface area contributed by atoms with Gasteiger partial charge >= 0.3 is 0 Å². The Morgan fingerprint density at radius 1 is 1.39 bits per heavy atom. The van der Waals surface area contributed by atoms with E-state index in [0.717, 1.165) is 5.75 Å². The maximum Gasteiger partial charge on any atom is 0.221 e. The normalized spacial score (nSPS) is 16.3. The molecule has 3 nitrogen and oxygen atoms in total. The van der Waals surface area contributed by atoms with Crippen molar-refractivity contribution in [2.24, 2.45) is 11.7 Å². The number of carbonyl (C=O) groups is 1. The van der Waals surface area contributed by atoms with E-state index >= 15 is 0 Å². The van der Waals surface area contributed by atoms with Crippen LogP contribution in [0.25, 0.3) is 0 Å². The molecular formula is C14H20N2OS. The molecule has 1 fully saturated rings. The number of hydrogen-bond donors (Lipinski definition) is 2. The predicted octanol–water partition coefficient (Wildman–Crippen LogP) is 2.02. The van der Waals surface area contributed by atoms with E-state index < -0.39 is 0 Å². The molecule has 1 aliphatic carbocycles. The fraction of sp³-hybridized carbons (Fsp3) is 0.500. The molecule has 3 N–H and O–H groups in total. The lowest BCUT2D eigenvalue weighted by Crippen LogP contribution is -2.33. The van der Waals surface area contributed by atoms with Gasteiger partial charge in [0.1, 0.15) is 0 Å². The van der Waals surface area contributed by atoms with Gasteiger partial charge in [-0.05, 0) is 30.9 Å². The number of amides is 1. The minimum atomic E-state index is 0.0618. The molecule has 1 unspecified atom stereocenters. The molecule has 0 radical (unpaired) electrons. The summed E-state index contributed by atoms with van der Waals surface area (Å²) in [6.45, 7) is 0.704. The van der Waals surface area contributed by atoms with Crippen LogP contribution in [0.2, 0.25) is 0 Å². The van der Waals surface area contributed by atoms with Crippen LogP contribution >= 0.6 is 11.8 Å². The average molecular weight is 264 g/mol. The summed E-state index contributed by atoms with van der Waals surface area (Å²) in [6, 6.07) is 10.3. The fourth-order valence-electron chi connectivity index (χ4n) is 1.85. The summed E-state index contributed by atoms with van der Waals surface area (Å²) in [5.74, 6) is 1.58. The molecule has 1 aromatic rings. The lowest BCUT2D eigenvalue weighted by Gasteiger charge is -2.10. The van der Waals surface area contributed by atoms with Gasteiger partial charge in [0.25, 0.3) is 0 Å². The molecule has 0 heterocycles. The minimum absolute atomic E-state index is 0.0618. The zero-order valence-electron chi connectivity index (χ0n) is 10.5. The van der Waals surface area contributed by atoms with E-state index in [9.17, 15) is 4.79 Å². The van der Waals surface area contributed by atoms with E-state index in [1.807, 2.05) is 18.2 Å².